The van der Waals surface area contributed by atoms with Gasteiger partial charge in [-0.05, 0) is 25.2 Å². The summed E-state index contributed by atoms with van der Waals surface area (Å²) in [5.74, 6) is -0.854. The van der Waals surface area contributed by atoms with Crippen molar-refractivity contribution >= 4 is 11.9 Å². The van der Waals surface area contributed by atoms with Crippen molar-refractivity contribution in [2.45, 2.75) is 51.4 Å². The highest BCUT2D eigenvalue weighted by molar-refractivity contribution is 5.85. The van der Waals surface area contributed by atoms with Crippen LogP contribution in [0.15, 0.2) is 0 Å². The summed E-state index contributed by atoms with van der Waals surface area (Å²) in [4.78, 5) is 23.0. The first kappa shape index (κ1) is 13.4. The number of nitrogens with one attached hydrogen (secondary N) is 1. The number of aliphatic carboxylic acids is 1. The summed E-state index contributed by atoms with van der Waals surface area (Å²) >= 11 is 0. The van der Waals surface area contributed by atoms with Crippen LogP contribution in [0, 0.1) is 17.8 Å². The van der Waals surface area contributed by atoms with Crippen LogP contribution in [-0.4, -0.2) is 23.5 Å². The minimum absolute atomic E-state index is 0.0436. The van der Waals surface area contributed by atoms with Crippen molar-refractivity contribution in [1.29, 1.82) is 0 Å². The second-order valence-electron chi connectivity index (χ2n) is 5.71. The zero-order valence-electron chi connectivity index (χ0n) is 10.9. The minimum Gasteiger partial charge on any atom is -0.481 e. The lowest BCUT2D eigenvalue weighted by atomic mass is 9.95. The maximum Gasteiger partial charge on any atom is 0.307 e. The fraction of sp³-hybridized carbons (Fsp3) is 0.857. The van der Waals surface area contributed by atoms with Crippen molar-refractivity contribution in [2.24, 2.45) is 17.8 Å². The van der Waals surface area contributed by atoms with Crippen LogP contribution in [0.3, 0.4) is 0 Å². The molecule has 2 unspecified atom stereocenters. The molecule has 4 heteroatoms. The van der Waals surface area contributed by atoms with Gasteiger partial charge in [-0.15, -0.1) is 0 Å². The largest absolute Gasteiger partial charge is 0.481 e. The molecule has 0 radical (unpaired) electrons. The Balaban J connectivity index is 1.71. The summed E-state index contributed by atoms with van der Waals surface area (Å²) in [6, 6.07) is 0. The van der Waals surface area contributed by atoms with Gasteiger partial charge in [0.1, 0.15) is 0 Å². The lowest BCUT2D eigenvalue weighted by Gasteiger charge is -2.16. The Bertz CT molecular complexity index is 310. The Morgan fingerprint density at radius 2 is 1.67 bits per heavy atom. The van der Waals surface area contributed by atoms with E-state index in [-0.39, 0.29) is 11.8 Å². The third kappa shape index (κ3) is 3.24. The smallest absolute Gasteiger partial charge is 0.307 e. The fourth-order valence-corrected chi connectivity index (χ4v) is 3.40. The average molecular weight is 253 g/mol. The quantitative estimate of drug-likeness (QED) is 0.789. The molecular formula is C14H23NO3. The zero-order valence-corrected chi connectivity index (χ0v) is 10.9. The van der Waals surface area contributed by atoms with Crippen LogP contribution in [0.2, 0.25) is 0 Å². The number of rotatable bonds is 5. The molecule has 2 N–H and O–H groups in total. The summed E-state index contributed by atoms with van der Waals surface area (Å²) in [6.45, 7) is 0.715. The topological polar surface area (TPSA) is 66.4 Å². The number of hydrogen-bond acceptors (Lipinski definition) is 2. The molecule has 18 heavy (non-hydrogen) atoms. The van der Waals surface area contributed by atoms with Crippen molar-refractivity contribution in [3.8, 4) is 0 Å². The van der Waals surface area contributed by atoms with Gasteiger partial charge in [0.15, 0.2) is 0 Å². The zero-order chi connectivity index (χ0) is 13.0. The van der Waals surface area contributed by atoms with Crippen molar-refractivity contribution in [3.05, 3.63) is 0 Å². The Morgan fingerprint density at radius 3 is 2.33 bits per heavy atom. The Morgan fingerprint density at radius 1 is 1.00 bits per heavy atom. The van der Waals surface area contributed by atoms with Gasteiger partial charge in [-0.25, -0.2) is 0 Å². The Labute approximate surface area is 108 Å². The van der Waals surface area contributed by atoms with E-state index < -0.39 is 11.9 Å². The van der Waals surface area contributed by atoms with Gasteiger partial charge in [-0.1, -0.05) is 32.1 Å². The second kappa shape index (κ2) is 6.21. The van der Waals surface area contributed by atoms with E-state index in [4.69, 9.17) is 5.11 Å². The first-order chi connectivity index (χ1) is 8.68. The molecule has 0 spiro atoms. The Hall–Kier alpha value is -1.06. The average Bonchev–Trinajstić information content (AvgIpc) is 2.99. The number of amides is 1. The van der Waals surface area contributed by atoms with E-state index in [9.17, 15) is 9.59 Å². The van der Waals surface area contributed by atoms with Crippen molar-refractivity contribution < 1.29 is 14.7 Å². The maximum atomic E-state index is 12.0. The highest BCUT2D eigenvalue weighted by Gasteiger charge is 2.37. The number of carboxylic acids is 1. The number of carbonyl (C=O) groups is 2. The molecule has 102 valence electrons. The van der Waals surface area contributed by atoms with Crippen LogP contribution in [0.5, 0.6) is 0 Å². The molecule has 0 bridgehead atoms. The fourth-order valence-electron chi connectivity index (χ4n) is 3.40. The number of carbonyl (C=O) groups excluding carboxylic acids is 1. The van der Waals surface area contributed by atoms with Crippen LogP contribution < -0.4 is 5.32 Å². The predicted molar refractivity (Wildman–Crippen MR) is 68.1 cm³/mol. The minimum atomic E-state index is -0.816. The highest BCUT2D eigenvalue weighted by atomic mass is 16.4. The molecule has 2 rings (SSSR count). The van der Waals surface area contributed by atoms with Gasteiger partial charge in [0.2, 0.25) is 5.91 Å². The van der Waals surface area contributed by atoms with E-state index in [0.29, 0.717) is 13.0 Å². The first-order valence-electron chi connectivity index (χ1n) is 7.19. The van der Waals surface area contributed by atoms with Crippen molar-refractivity contribution in [1.82, 2.24) is 5.32 Å². The third-order valence-electron chi connectivity index (χ3n) is 4.50. The van der Waals surface area contributed by atoms with Crippen LogP contribution in [0.4, 0.5) is 0 Å². The highest BCUT2D eigenvalue weighted by Crippen LogP contribution is 2.32. The van der Waals surface area contributed by atoms with Crippen LogP contribution in [-0.2, 0) is 9.59 Å². The van der Waals surface area contributed by atoms with E-state index in [2.05, 4.69) is 5.32 Å². The van der Waals surface area contributed by atoms with Gasteiger partial charge in [0, 0.05) is 6.54 Å². The summed E-state index contributed by atoms with van der Waals surface area (Å²) < 4.78 is 0. The maximum absolute atomic E-state index is 12.0. The third-order valence-corrected chi connectivity index (χ3v) is 4.50. The monoisotopic (exact) mass is 253 g/mol. The molecule has 1 amide bonds. The van der Waals surface area contributed by atoms with Crippen LogP contribution in [0.1, 0.15) is 51.4 Å². The van der Waals surface area contributed by atoms with Crippen LogP contribution in [0.25, 0.3) is 0 Å². The molecule has 2 aliphatic rings. The van der Waals surface area contributed by atoms with E-state index in [0.717, 1.165) is 25.2 Å². The summed E-state index contributed by atoms with van der Waals surface area (Å²) in [5, 5.41) is 12.0. The number of hydrogen-bond donors (Lipinski definition) is 2. The first-order valence-corrected chi connectivity index (χ1v) is 7.19. The molecule has 2 saturated carbocycles. The van der Waals surface area contributed by atoms with Crippen molar-refractivity contribution in [3.63, 3.8) is 0 Å². The summed E-state index contributed by atoms with van der Waals surface area (Å²) in [5.41, 5.74) is 0. The standard InChI is InChI=1S/C14H23NO3/c16-13(11-6-3-7-12(11)14(17)18)15-9-8-10-4-1-2-5-10/h10-12H,1-9H2,(H,15,16)(H,17,18). The predicted octanol–water partition coefficient (Wildman–Crippen LogP) is 2.18. The molecule has 2 fully saturated rings. The molecule has 0 aromatic rings. The SMILES string of the molecule is O=C(O)C1CCCC1C(=O)NCCC1CCCC1. The van der Waals surface area contributed by atoms with Crippen molar-refractivity contribution in [2.75, 3.05) is 6.54 Å². The molecule has 0 aliphatic heterocycles. The molecule has 2 atom stereocenters. The van der Waals surface area contributed by atoms with Gasteiger partial charge in [-0.2, -0.15) is 0 Å². The van der Waals surface area contributed by atoms with Gasteiger partial charge < -0.3 is 10.4 Å². The van der Waals surface area contributed by atoms with E-state index in [1.807, 2.05) is 0 Å². The number of carboxylic acid groups (broad SMARTS) is 1. The van der Waals surface area contributed by atoms with Gasteiger partial charge >= 0.3 is 5.97 Å². The van der Waals surface area contributed by atoms with Gasteiger partial charge in [0.25, 0.3) is 0 Å². The summed E-state index contributed by atoms with van der Waals surface area (Å²) in [7, 11) is 0. The lowest BCUT2D eigenvalue weighted by Crippen LogP contribution is -2.36. The lowest BCUT2D eigenvalue weighted by molar-refractivity contribution is -0.146. The normalized spacial score (nSPS) is 28.4. The second-order valence-corrected chi connectivity index (χ2v) is 5.71. The van der Waals surface area contributed by atoms with Gasteiger partial charge in [-0.3, -0.25) is 9.59 Å². The molecule has 0 saturated heterocycles. The van der Waals surface area contributed by atoms with E-state index >= 15 is 0 Å². The molecule has 0 heterocycles. The van der Waals surface area contributed by atoms with E-state index in [1.54, 1.807) is 0 Å². The molecule has 2 aliphatic carbocycles. The molecule has 0 aromatic heterocycles. The molecule has 0 aromatic carbocycles. The molecule has 4 nitrogen and oxygen atoms in total. The molecular weight excluding hydrogens is 230 g/mol. The van der Waals surface area contributed by atoms with E-state index in [1.165, 1.54) is 25.7 Å². The van der Waals surface area contributed by atoms with Crippen LogP contribution >= 0.6 is 0 Å². The van der Waals surface area contributed by atoms with Gasteiger partial charge in [0.05, 0.1) is 11.8 Å². The Kier molecular flexibility index (Phi) is 4.61. The summed E-state index contributed by atoms with van der Waals surface area (Å²) in [6.07, 6.45) is 8.51.